The molecule has 0 spiro atoms. The maximum Gasteiger partial charge on any atom is 0.264 e. The van der Waals surface area contributed by atoms with E-state index in [0.717, 1.165) is 27.9 Å². The first kappa shape index (κ1) is 23.8. The lowest BCUT2D eigenvalue weighted by Gasteiger charge is -2.12. The molecule has 0 bridgehead atoms. The minimum Gasteiger partial charge on any atom is -0.369 e. The highest BCUT2D eigenvalue weighted by atomic mass is 35.5. The molecular formula is C25H20Cl2N4O2S. The van der Waals surface area contributed by atoms with Gasteiger partial charge in [-0.15, -0.1) is 0 Å². The second kappa shape index (κ2) is 10.3. The summed E-state index contributed by atoms with van der Waals surface area (Å²) in [6.07, 6.45) is 1.68. The third kappa shape index (κ3) is 5.75. The lowest BCUT2D eigenvalue weighted by atomic mass is 9.98. The van der Waals surface area contributed by atoms with Gasteiger partial charge in [0.2, 0.25) is 5.96 Å². The van der Waals surface area contributed by atoms with Crippen LogP contribution in [0.1, 0.15) is 5.56 Å². The molecule has 0 aliphatic carbocycles. The zero-order valence-electron chi connectivity index (χ0n) is 17.8. The van der Waals surface area contributed by atoms with Gasteiger partial charge >= 0.3 is 0 Å². The van der Waals surface area contributed by atoms with Gasteiger partial charge in [-0.1, -0.05) is 65.7 Å². The summed E-state index contributed by atoms with van der Waals surface area (Å²) >= 11 is 12.3. The van der Waals surface area contributed by atoms with E-state index in [1.54, 1.807) is 42.6 Å². The number of aromatic nitrogens is 1. The fourth-order valence-electron chi connectivity index (χ4n) is 3.31. The van der Waals surface area contributed by atoms with Gasteiger partial charge in [-0.2, -0.15) is 0 Å². The Morgan fingerprint density at radius 2 is 1.62 bits per heavy atom. The van der Waals surface area contributed by atoms with E-state index in [1.807, 2.05) is 36.4 Å². The smallest absolute Gasteiger partial charge is 0.264 e. The molecule has 0 saturated heterocycles. The Kier molecular flexibility index (Phi) is 7.17. The lowest BCUT2D eigenvalue weighted by Crippen LogP contribution is -2.36. The van der Waals surface area contributed by atoms with Crippen molar-refractivity contribution in [1.29, 1.82) is 0 Å². The Morgan fingerprint density at radius 3 is 2.32 bits per heavy atom. The van der Waals surface area contributed by atoms with Gasteiger partial charge in [-0.3, -0.25) is 4.98 Å². The topological polar surface area (TPSA) is 97.4 Å². The standard InChI is InChI=1S/C25H20Cl2N4O2S/c26-20-11-9-18(10-12-20)24-23(19-5-4-6-21(27)14-19)13-17(15-29-24)16-30-25(28)31-34(32,33)22-7-2-1-3-8-22/h1-15H,16H2,(H3,28,30,31). The summed E-state index contributed by atoms with van der Waals surface area (Å²) in [5.41, 5.74) is 9.98. The highest BCUT2D eigenvalue weighted by molar-refractivity contribution is 7.90. The van der Waals surface area contributed by atoms with E-state index in [9.17, 15) is 8.42 Å². The predicted octanol–water partition coefficient (Wildman–Crippen LogP) is 5.52. The second-order valence-electron chi connectivity index (χ2n) is 7.38. The van der Waals surface area contributed by atoms with Crippen LogP contribution in [0.4, 0.5) is 0 Å². The van der Waals surface area contributed by atoms with Crippen molar-refractivity contribution >= 4 is 39.2 Å². The fourth-order valence-corrected chi connectivity index (χ4v) is 4.60. The summed E-state index contributed by atoms with van der Waals surface area (Å²) in [4.78, 5) is 8.94. The average molecular weight is 511 g/mol. The number of hydrogen-bond donors (Lipinski definition) is 2. The number of guanidine groups is 1. The van der Waals surface area contributed by atoms with Gasteiger partial charge in [-0.25, -0.2) is 18.1 Å². The Bertz CT molecular complexity index is 1440. The quantitative estimate of drug-likeness (QED) is 0.263. The Hall–Kier alpha value is -3.39. The van der Waals surface area contributed by atoms with Crippen LogP contribution in [-0.2, 0) is 16.6 Å². The molecule has 172 valence electrons. The predicted molar refractivity (Wildman–Crippen MR) is 137 cm³/mol. The normalized spacial score (nSPS) is 11.9. The molecule has 6 nitrogen and oxygen atoms in total. The maximum absolute atomic E-state index is 12.4. The van der Waals surface area contributed by atoms with Crippen LogP contribution in [0.2, 0.25) is 10.0 Å². The van der Waals surface area contributed by atoms with Crippen molar-refractivity contribution in [2.45, 2.75) is 11.4 Å². The highest BCUT2D eigenvalue weighted by Gasteiger charge is 2.15. The number of hydrogen-bond acceptors (Lipinski definition) is 4. The molecule has 34 heavy (non-hydrogen) atoms. The lowest BCUT2D eigenvalue weighted by molar-refractivity contribution is 0.592. The van der Waals surface area contributed by atoms with Gasteiger partial charge in [0.25, 0.3) is 10.0 Å². The first-order valence-electron chi connectivity index (χ1n) is 10.2. The van der Waals surface area contributed by atoms with Crippen molar-refractivity contribution in [3.63, 3.8) is 0 Å². The number of nitrogens with zero attached hydrogens (tertiary/aromatic N) is 2. The number of nitrogens with one attached hydrogen (secondary N) is 1. The average Bonchev–Trinajstić information content (AvgIpc) is 2.83. The fraction of sp³-hybridized carbons (Fsp3) is 0.0400. The van der Waals surface area contributed by atoms with Crippen molar-refractivity contribution in [2.75, 3.05) is 0 Å². The Labute approximate surface area is 208 Å². The van der Waals surface area contributed by atoms with Crippen molar-refractivity contribution in [1.82, 2.24) is 9.71 Å². The van der Waals surface area contributed by atoms with Crippen LogP contribution in [0.25, 0.3) is 22.4 Å². The van der Waals surface area contributed by atoms with Crippen LogP contribution < -0.4 is 10.5 Å². The van der Waals surface area contributed by atoms with E-state index in [-0.39, 0.29) is 17.4 Å². The Morgan fingerprint density at radius 1 is 0.882 bits per heavy atom. The minimum absolute atomic E-state index is 0.102. The zero-order chi connectivity index (χ0) is 24.1. The van der Waals surface area contributed by atoms with E-state index in [4.69, 9.17) is 28.9 Å². The SMILES string of the molecule is NC(=NCc1cnc(-c2ccc(Cl)cc2)c(-c2cccc(Cl)c2)c1)NS(=O)(=O)c1ccccc1. The van der Waals surface area contributed by atoms with Crippen molar-refractivity contribution in [3.05, 3.63) is 107 Å². The van der Waals surface area contributed by atoms with Crippen LogP contribution >= 0.6 is 23.2 Å². The van der Waals surface area contributed by atoms with Gasteiger partial charge in [0, 0.05) is 27.4 Å². The second-order valence-corrected chi connectivity index (χ2v) is 9.93. The monoisotopic (exact) mass is 510 g/mol. The van der Waals surface area contributed by atoms with Crippen LogP contribution in [0.3, 0.4) is 0 Å². The third-order valence-electron chi connectivity index (χ3n) is 4.92. The molecule has 0 fully saturated rings. The molecule has 1 heterocycles. The molecule has 0 atom stereocenters. The van der Waals surface area contributed by atoms with Gasteiger partial charge in [0.05, 0.1) is 17.1 Å². The summed E-state index contributed by atoms with van der Waals surface area (Å²) in [7, 11) is -3.81. The first-order valence-corrected chi connectivity index (χ1v) is 12.4. The van der Waals surface area contributed by atoms with E-state index in [2.05, 4.69) is 14.7 Å². The van der Waals surface area contributed by atoms with Crippen LogP contribution in [0, 0.1) is 0 Å². The van der Waals surface area contributed by atoms with Gasteiger partial charge in [-0.05, 0) is 53.6 Å². The summed E-state index contributed by atoms with van der Waals surface area (Å²) in [5.74, 6) is -0.213. The molecule has 0 aliphatic heterocycles. The van der Waals surface area contributed by atoms with E-state index >= 15 is 0 Å². The molecule has 9 heteroatoms. The molecule has 0 aliphatic rings. The summed E-state index contributed by atoms with van der Waals surface area (Å²) in [5, 5.41) is 1.23. The number of benzene rings is 3. The van der Waals surface area contributed by atoms with Crippen LogP contribution in [0.5, 0.6) is 0 Å². The Balaban J connectivity index is 1.64. The number of halogens is 2. The van der Waals surface area contributed by atoms with Crippen molar-refractivity contribution in [3.8, 4) is 22.4 Å². The number of pyridine rings is 1. The van der Waals surface area contributed by atoms with Crippen molar-refractivity contribution < 1.29 is 8.42 Å². The van der Waals surface area contributed by atoms with E-state index < -0.39 is 10.0 Å². The molecule has 0 unspecified atom stereocenters. The summed E-state index contributed by atoms with van der Waals surface area (Å²) in [6, 6.07) is 24.7. The number of rotatable bonds is 6. The third-order valence-corrected chi connectivity index (χ3v) is 6.78. The molecule has 3 N–H and O–H groups in total. The van der Waals surface area contributed by atoms with Gasteiger partial charge < -0.3 is 5.73 Å². The van der Waals surface area contributed by atoms with Crippen LogP contribution in [0.15, 0.2) is 101 Å². The molecule has 4 aromatic rings. The molecule has 0 amide bonds. The number of aliphatic imine (C=N–C) groups is 1. The zero-order valence-corrected chi connectivity index (χ0v) is 20.1. The molecule has 1 aromatic heterocycles. The molecule has 0 radical (unpaired) electrons. The molecule has 3 aromatic carbocycles. The minimum atomic E-state index is -3.81. The summed E-state index contributed by atoms with van der Waals surface area (Å²) < 4.78 is 27.2. The summed E-state index contributed by atoms with van der Waals surface area (Å²) in [6.45, 7) is 0.130. The highest BCUT2D eigenvalue weighted by Crippen LogP contribution is 2.33. The molecular weight excluding hydrogens is 491 g/mol. The molecule has 0 saturated carbocycles. The number of nitrogens with two attached hydrogens (primary N) is 1. The van der Waals surface area contributed by atoms with Crippen LogP contribution in [-0.4, -0.2) is 19.4 Å². The van der Waals surface area contributed by atoms with Gasteiger partial charge in [0.15, 0.2) is 0 Å². The van der Waals surface area contributed by atoms with E-state index in [1.165, 1.54) is 12.1 Å². The first-order chi connectivity index (χ1) is 16.3. The van der Waals surface area contributed by atoms with E-state index in [0.29, 0.717) is 10.0 Å². The number of sulfonamides is 1. The van der Waals surface area contributed by atoms with Gasteiger partial charge in [0.1, 0.15) is 0 Å². The molecule has 4 rings (SSSR count). The largest absolute Gasteiger partial charge is 0.369 e. The van der Waals surface area contributed by atoms with Crippen molar-refractivity contribution in [2.24, 2.45) is 10.7 Å². The maximum atomic E-state index is 12.4.